The molecule has 9 nitrogen and oxygen atoms in total. The highest BCUT2D eigenvalue weighted by molar-refractivity contribution is 6.06. The predicted octanol–water partition coefficient (Wildman–Crippen LogP) is 1.68. The molecule has 158 valence electrons. The number of ether oxygens (including phenoxy) is 2. The Labute approximate surface area is 177 Å². The monoisotopic (exact) mass is 420 g/mol. The Bertz CT molecular complexity index is 1190. The first-order valence-corrected chi connectivity index (χ1v) is 9.90. The number of imide groups is 1. The van der Waals surface area contributed by atoms with Crippen molar-refractivity contribution in [3.63, 3.8) is 0 Å². The van der Waals surface area contributed by atoms with Gasteiger partial charge >= 0.3 is 6.03 Å². The maximum atomic E-state index is 12.7. The number of H-pyrrole nitrogens is 1. The average Bonchev–Trinajstić information content (AvgIpc) is 3.47. The molecule has 0 spiro atoms. The summed E-state index contributed by atoms with van der Waals surface area (Å²) in [5, 5.41) is 6.41. The Kier molecular flexibility index (Phi) is 4.70. The SMILES string of the molecule is O=C(CN1C(=O)NC(Cc2c[nH]c3ccccc23)C1=O)NCc1ccc2c(c1)OCO2. The summed E-state index contributed by atoms with van der Waals surface area (Å²) < 4.78 is 10.6. The molecule has 0 bridgehead atoms. The molecule has 0 radical (unpaired) electrons. The molecule has 4 amide bonds. The van der Waals surface area contributed by atoms with E-state index in [-0.39, 0.29) is 19.9 Å². The smallest absolute Gasteiger partial charge is 0.325 e. The van der Waals surface area contributed by atoms with E-state index < -0.39 is 23.9 Å². The van der Waals surface area contributed by atoms with Crippen molar-refractivity contribution in [2.24, 2.45) is 0 Å². The third kappa shape index (κ3) is 3.65. The van der Waals surface area contributed by atoms with E-state index in [9.17, 15) is 14.4 Å². The van der Waals surface area contributed by atoms with Crippen LogP contribution in [0.5, 0.6) is 11.5 Å². The van der Waals surface area contributed by atoms with Crippen molar-refractivity contribution >= 4 is 28.7 Å². The standard InChI is InChI=1S/C22H20N4O5/c27-20(24-9-13-5-6-18-19(7-13)31-12-30-18)11-26-21(28)17(25-22(26)29)8-14-10-23-16-4-2-1-3-15(14)16/h1-7,10,17,23H,8-9,11-12H2,(H,24,27)(H,25,29). The second kappa shape index (κ2) is 7.67. The Morgan fingerprint density at radius 2 is 1.97 bits per heavy atom. The zero-order valence-corrected chi connectivity index (χ0v) is 16.5. The van der Waals surface area contributed by atoms with Gasteiger partial charge in [0.1, 0.15) is 12.6 Å². The minimum absolute atomic E-state index is 0.178. The van der Waals surface area contributed by atoms with Gasteiger partial charge in [-0.05, 0) is 29.3 Å². The fourth-order valence-corrected chi connectivity index (χ4v) is 3.84. The van der Waals surface area contributed by atoms with Gasteiger partial charge in [-0.25, -0.2) is 4.79 Å². The zero-order chi connectivity index (χ0) is 21.4. The summed E-state index contributed by atoms with van der Waals surface area (Å²) in [6.45, 7) is 0.0918. The molecule has 2 aliphatic heterocycles. The van der Waals surface area contributed by atoms with E-state index in [0.29, 0.717) is 17.9 Å². The maximum Gasteiger partial charge on any atom is 0.325 e. The minimum atomic E-state index is -0.701. The molecule has 2 aliphatic rings. The van der Waals surface area contributed by atoms with Crippen molar-refractivity contribution in [1.82, 2.24) is 20.5 Å². The van der Waals surface area contributed by atoms with Crippen LogP contribution in [0.3, 0.4) is 0 Å². The van der Waals surface area contributed by atoms with Crippen LogP contribution < -0.4 is 20.1 Å². The molecule has 1 aromatic heterocycles. The summed E-state index contributed by atoms with van der Waals surface area (Å²) in [4.78, 5) is 41.5. The van der Waals surface area contributed by atoms with E-state index in [4.69, 9.17) is 9.47 Å². The third-order valence-corrected chi connectivity index (χ3v) is 5.43. The van der Waals surface area contributed by atoms with E-state index >= 15 is 0 Å². The summed E-state index contributed by atoms with van der Waals surface area (Å²) in [6.07, 6.45) is 2.19. The van der Waals surface area contributed by atoms with Gasteiger partial charge < -0.3 is 25.1 Å². The number of nitrogens with one attached hydrogen (secondary N) is 3. The first kappa shape index (κ1) is 19.0. The number of fused-ring (bicyclic) bond motifs is 2. The van der Waals surface area contributed by atoms with Gasteiger partial charge in [-0.15, -0.1) is 0 Å². The summed E-state index contributed by atoms with van der Waals surface area (Å²) in [5.74, 6) is 0.457. The highest BCUT2D eigenvalue weighted by atomic mass is 16.7. The number of carbonyl (C=O) groups excluding carboxylic acids is 3. The minimum Gasteiger partial charge on any atom is -0.454 e. The number of aromatic amines is 1. The van der Waals surface area contributed by atoms with E-state index in [1.165, 1.54) is 0 Å². The molecule has 9 heteroatoms. The molecule has 1 unspecified atom stereocenters. The highest BCUT2D eigenvalue weighted by Crippen LogP contribution is 2.32. The van der Waals surface area contributed by atoms with E-state index in [1.54, 1.807) is 12.1 Å². The Balaban J connectivity index is 1.19. The Hall–Kier alpha value is -4.01. The second-order valence-electron chi connectivity index (χ2n) is 7.45. The van der Waals surface area contributed by atoms with Crippen molar-refractivity contribution in [2.45, 2.75) is 19.0 Å². The van der Waals surface area contributed by atoms with Crippen LogP contribution in [-0.4, -0.2) is 47.1 Å². The van der Waals surface area contributed by atoms with Crippen molar-refractivity contribution in [3.8, 4) is 11.5 Å². The average molecular weight is 420 g/mol. The lowest BCUT2D eigenvalue weighted by Gasteiger charge is -2.13. The van der Waals surface area contributed by atoms with Crippen LogP contribution in [0.4, 0.5) is 4.79 Å². The van der Waals surface area contributed by atoms with Crippen molar-refractivity contribution in [3.05, 3.63) is 59.8 Å². The number of para-hydroxylation sites is 1. The fourth-order valence-electron chi connectivity index (χ4n) is 3.84. The molecule has 1 atom stereocenters. The van der Waals surface area contributed by atoms with Crippen LogP contribution in [0.1, 0.15) is 11.1 Å². The van der Waals surface area contributed by atoms with Crippen LogP contribution in [0.2, 0.25) is 0 Å². The normalized spacial score (nSPS) is 17.3. The lowest BCUT2D eigenvalue weighted by molar-refractivity contribution is -0.132. The maximum absolute atomic E-state index is 12.7. The molecule has 5 rings (SSSR count). The van der Waals surface area contributed by atoms with Gasteiger partial charge in [0.05, 0.1) is 0 Å². The number of aromatic nitrogens is 1. The number of amides is 4. The van der Waals surface area contributed by atoms with Gasteiger partial charge in [-0.2, -0.15) is 0 Å². The first-order valence-electron chi connectivity index (χ1n) is 9.90. The van der Waals surface area contributed by atoms with Gasteiger partial charge in [0.2, 0.25) is 12.7 Å². The van der Waals surface area contributed by atoms with Crippen LogP contribution >= 0.6 is 0 Å². The molecule has 3 heterocycles. The molecule has 1 fully saturated rings. The second-order valence-corrected chi connectivity index (χ2v) is 7.45. The van der Waals surface area contributed by atoms with Gasteiger partial charge in [0.25, 0.3) is 5.91 Å². The summed E-state index contributed by atoms with van der Waals surface area (Å²) in [7, 11) is 0. The lowest BCUT2D eigenvalue weighted by atomic mass is 10.1. The van der Waals surface area contributed by atoms with E-state index in [2.05, 4.69) is 15.6 Å². The quantitative estimate of drug-likeness (QED) is 0.525. The molecule has 0 saturated carbocycles. The number of hydrogen-bond donors (Lipinski definition) is 3. The van der Waals surface area contributed by atoms with Gasteiger partial charge in [-0.1, -0.05) is 24.3 Å². The number of hydrogen-bond acceptors (Lipinski definition) is 5. The van der Waals surface area contributed by atoms with Gasteiger partial charge in [-0.3, -0.25) is 14.5 Å². The van der Waals surface area contributed by atoms with E-state index in [0.717, 1.165) is 26.9 Å². The lowest BCUT2D eigenvalue weighted by Crippen LogP contribution is -2.41. The van der Waals surface area contributed by atoms with E-state index in [1.807, 2.05) is 36.5 Å². The molecule has 1 saturated heterocycles. The first-order chi connectivity index (χ1) is 15.1. The number of rotatable bonds is 6. The van der Waals surface area contributed by atoms with Crippen molar-refractivity contribution in [1.29, 1.82) is 0 Å². The summed E-state index contributed by atoms with van der Waals surface area (Å²) in [6, 6.07) is 11.9. The molecule has 31 heavy (non-hydrogen) atoms. The topological polar surface area (TPSA) is 113 Å². The fraction of sp³-hybridized carbons (Fsp3) is 0.227. The predicted molar refractivity (Wildman–Crippen MR) is 110 cm³/mol. The van der Waals surface area contributed by atoms with Gasteiger partial charge in [0, 0.05) is 30.1 Å². The van der Waals surface area contributed by atoms with Crippen molar-refractivity contribution < 1.29 is 23.9 Å². The zero-order valence-electron chi connectivity index (χ0n) is 16.5. The van der Waals surface area contributed by atoms with Crippen molar-refractivity contribution in [2.75, 3.05) is 13.3 Å². The highest BCUT2D eigenvalue weighted by Gasteiger charge is 2.39. The molecule has 3 aromatic rings. The number of nitrogens with zero attached hydrogens (tertiary/aromatic N) is 1. The third-order valence-electron chi connectivity index (χ3n) is 5.43. The largest absolute Gasteiger partial charge is 0.454 e. The molecule has 3 N–H and O–H groups in total. The number of carbonyl (C=O) groups is 3. The van der Waals surface area contributed by atoms with Gasteiger partial charge in [0.15, 0.2) is 11.5 Å². The van der Waals surface area contributed by atoms with Crippen LogP contribution in [0.15, 0.2) is 48.7 Å². The molecule has 0 aliphatic carbocycles. The number of urea groups is 1. The molecular weight excluding hydrogens is 400 g/mol. The van der Waals surface area contributed by atoms with Crippen LogP contribution in [0, 0.1) is 0 Å². The Morgan fingerprint density at radius 3 is 2.87 bits per heavy atom. The number of benzene rings is 2. The van der Waals surface area contributed by atoms with Crippen LogP contribution in [-0.2, 0) is 22.6 Å². The molecular formula is C22H20N4O5. The Morgan fingerprint density at radius 1 is 1.13 bits per heavy atom. The summed E-state index contributed by atoms with van der Waals surface area (Å²) in [5.41, 5.74) is 2.73. The summed E-state index contributed by atoms with van der Waals surface area (Å²) >= 11 is 0. The van der Waals surface area contributed by atoms with Crippen LogP contribution in [0.25, 0.3) is 10.9 Å². The molecule has 2 aromatic carbocycles.